The van der Waals surface area contributed by atoms with Crippen LogP contribution in [-0.4, -0.2) is 32.1 Å². The van der Waals surface area contributed by atoms with E-state index in [1.54, 1.807) is 6.07 Å². The van der Waals surface area contributed by atoms with Gasteiger partial charge in [-0.05, 0) is 56.0 Å². The van der Waals surface area contributed by atoms with Crippen molar-refractivity contribution < 1.29 is 18.3 Å². The highest BCUT2D eigenvalue weighted by molar-refractivity contribution is 6.31. The van der Waals surface area contributed by atoms with Crippen LogP contribution in [0.1, 0.15) is 56.0 Å². The zero-order valence-electron chi connectivity index (χ0n) is 21.5. The molecule has 198 valence electrons. The van der Waals surface area contributed by atoms with Crippen LogP contribution in [0, 0.1) is 24.5 Å². The van der Waals surface area contributed by atoms with Crippen LogP contribution in [0.25, 0.3) is 16.6 Å². The van der Waals surface area contributed by atoms with Crippen LogP contribution in [0.3, 0.4) is 0 Å². The number of carbonyl (C=O) groups excluding carboxylic acids is 1. The zero-order valence-corrected chi connectivity index (χ0v) is 22.3. The molecular formula is C29H29ClF2N4O2. The van der Waals surface area contributed by atoms with Crippen LogP contribution in [0.2, 0.25) is 5.02 Å². The van der Waals surface area contributed by atoms with Gasteiger partial charge in [-0.25, -0.2) is 18.4 Å². The second kappa shape index (κ2) is 10.7. The summed E-state index contributed by atoms with van der Waals surface area (Å²) in [6.07, 6.45) is 4.80. The summed E-state index contributed by atoms with van der Waals surface area (Å²) in [5.41, 5.74) is 3.21. The quantitative estimate of drug-likeness (QED) is 0.255. The largest absolute Gasteiger partial charge is 0.487 e. The Morgan fingerprint density at radius 1 is 1.21 bits per heavy atom. The van der Waals surface area contributed by atoms with E-state index in [0.717, 1.165) is 24.4 Å². The van der Waals surface area contributed by atoms with E-state index < -0.39 is 11.6 Å². The number of hydrogen-bond acceptors (Lipinski definition) is 4. The molecule has 0 spiro atoms. The number of ether oxygens (including phenoxy) is 1. The predicted molar refractivity (Wildman–Crippen MR) is 142 cm³/mol. The predicted octanol–water partition coefficient (Wildman–Crippen LogP) is 6.95. The molecule has 9 heteroatoms. The molecule has 0 saturated carbocycles. The summed E-state index contributed by atoms with van der Waals surface area (Å²) in [5.74, 6) is 0.0759. The van der Waals surface area contributed by atoms with E-state index in [0.29, 0.717) is 52.7 Å². The fourth-order valence-electron chi connectivity index (χ4n) is 5.18. The minimum Gasteiger partial charge on any atom is -0.487 e. The third-order valence-electron chi connectivity index (χ3n) is 7.31. The van der Waals surface area contributed by atoms with Crippen molar-refractivity contribution in [3.8, 4) is 11.4 Å². The Balaban J connectivity index is 1.49. The van der Waals surface area contributed by atoms with E-state index in [-0.39, 0.29) is 23.6 Å². The van der Waals surface area contributed by atoms with Crippen molar-refractivity contribution >= 4 is 28.4 Å². The lowest BCUT2D eigenvalue weighted by atomic mass is 9.92. The molecular weight excluding hydrogens is 510 g/mol. The second-order valence-electron chi connectivity index (χ2n) is 9.82. The van der Waals surface area contributed by atoms with Crippen molar-refractivity contribution in [2.24, 2.45) is 5.92 Å². The van der Waals surface area contributed by atoms with Gasteiger partial charge in [-0.2, -0.15) is 5.10 Å². The van der Waals surface area contributed by atoms with Crippen molar-refractivity contribution in [3.63, 3.8) is 0 Å². The van der Waals surface area contributed by atoms with Crippen molar-refractivity contribution in [3.05, 3.63) is 82.3 Å². The number of likely N-dealkylation sites (tertiary alicyclic amines) is 1. The first-order valence-corrected chi connectivity index (χ1v) is 13.1. The highest BCUT2D eigenvalue weighted by Crippen LogP contribution is 2.35. The average molecular weight is 539 g/mol. The summed E-state index contributed by atoms with van der Waals surface area (Å²) in [6, 6.07) is 9.65. The number of halogens is 3. The van der Waals surface area contributed by atoms with Crippen LogP contribution in [0.15, 0.2) is 48.8 Å². The van der Waals surface area contributed by atoms with Gasteiger partial charge in [0.25, 0.3) is 0 Å². The fourth-order valence-corrected chi connectivity index (χ4v) is 5.45. The molecule has 0 bridgehead atoms. The smallest absolute Gasteiger partial charge is 0.223 e. The number of nitrogens with zero attached hydrogens (tertiary/aromatic N) is 4. The Labute approximate surface area is 225 Å². The Morgan fingerprint density at radius 3 is 2.76 bits per heavy atom. The van der Waals surface area contributed by atoms with Crippen LogP contribution >= 0.6 is 11.6 Å². The van der Waals surface area contributed by atoms with Gasteiger partial charge in [0.1, 0.15) is 23.7 Å². The normalized spacial score (nSPS) is 16.7. The highest BCUT2D eigenvalue weighted by Gasteiger charge is 2.31. The third-order valence-corrected chi connectivity index (χ3v) is 7.65. The molecule has 2 atom stereocenters. The van der Waals surface area contributed by atoms with Crippen LogP contribution in [-0.2, 0) is 11.4 Å². The maximum atomic E-state index is 14.5. The average Bonchev–Trinajstić information content (AvgIpc) is 3.33. The number of fused-ring (bicyclic) bond motifs is 1. The Hall–Kier alpha value is -3.52. The number of pyridine rings is 1. The number of para-hydroxylation sites is 1. The zero-order chi connectivity index (χ0) is 27.0. The van der Waals surface area contributed by atoms with E-state index in [1.165, 1.54) is 23.0 Å². The first-order valence-electron chi connectivity index (χ1n) is 12.8. The van der Waals surface area contributed by atoms with Crippen molar-refractivity contribution in [2.45, 2.75) is 52.7 Å². The summed E-state index contributed by atoms with van der Waals surface area (Å²) < 4.78 is 35.9. The fraction of sp³-hybridized carbons (Fsp3) is 0.345. The molecule has 3 heterocycles. The summed E-state index contributed by atoms with van der Waals surface area (Å²) in [4.78, 5) is 19.3. The monoisotopic (exact) mass is 538 g/mol. The van der Waals surface area contributed by atoms with Gasteiger partial charge in [0, 0.05) is 29.6 Å². The molecule has 1 unspecified atom stereocenters. The molecule has 1 aliphatic heterocycles. The number of hydrogen-bond donors (Lipinski definition) is 0. The molecule has 2 aromatic heterocycles. The van der Waals surface area contributed by atoms with Gasteiger partial charge in [-0.1, -0.05) is 37.1 Å². The second-order valence-corrected chi connectivity index (χ2v) is 10.2. The molecule has 6 nitrogen and oxygen atoms in total. The van der Waals surface area contributed by atoms with E-state index >= 15 is 0 Å². The van der Waals surface area contributed by atoms with Gasteiger partial charge in [-0.15, -0.1) is 0 Å². The lowest BCUT2D eigenvalue weighted by Gasteiger charge is -2.37. The summed E-state index contributed by atoms with van der Waals surface area (Å²) in [7, 11) is 0. The number of aromatic nitrogens is 3. The van der Waals surface area contributed by atoms with Crippen LogP contribution in [0.4, 0.5) is 8.78 Å². The Morgan fingerprint density at radius 2 is 2.03 bits per heavy atom. The number of carbonyl (C=O) groups is 1. The van der Waals surface area contributed by atoms with E-state index in [1.807, 2.05) is 36.9 Å². The van der Waals surface area contributed by atoms with Crippen LogP contribution in [0.5, 0.6) is 5.75 Å². The van der Waals surface area contributed by atoms with Gasteiger partial charge in [0.15, 0.2) is 5.82 Å². The van der Waals surface area contributed by atoms with Gasteiger partial charge in [0.05, 0.1) is 29.1 Å². The number of benzene rings is 2. The first kappa shape index (κ1) is 26.1. The minimum absolute atomic E-state index is 0.0541. The lowest BCUT2D eigenvalue weighted by Crippen LogP contribution is -2.41. The summed E-state index contributed by atoms with van der Waals surface area (Å²) in [6.45, 7) is 6.56. The molecule has 1 amide bonds. The van der Waals surface area contributed by atoms with Crippen LogP contribution < -0.4 is 4.74 Å². The van der Waals surface area contributed by atoms with Crippen molar-refractivity contribution in [2.75, 3.05) is 6.54 Å². The molecule has 5 rings (SSSR count). The maximum absolute atomic E-state index is 14.5. The molecule has 1 fully saturated rings. The molecule has 4 aromatic rings. The lowest BCUT2D eigenvalue weighted by molar-refractivity contribution is -0.137. The first-order chi connectivity index (χ1) is 18.2. The molecule has 38 heavy (non-hydrogen) atoms. The molecule has 0 radical (unpaired) electrons. The topological polar surface area (TPSA) is 60.2 Å². The van der Waals surface area contributed by atoms with E-state index in [9.17, 15) is 13.6 Å². The Bertz CT molecular complexity index is 1510. The number of piperidine rings is 1. The Kier molecular flexibility index (Phi) is 7.34. The third kappa shape index (κ3) is 5.10. The molecule has 0 aliphatic carbocycles. The van der Waals surface area contributed by atoms with Gasteiger partial charge in [-0.3, -0.25) is 4.79 Å². The van der Waals surface area contributed by atoms with Gasteiger partial charge < -0.3 is 9.64 Å². The number of rotatable bonds is 7. The van der Waals surface area contributed by atoms with Gasteiger partial charge in [0.2, 0.25) is 5.91 Å². The van der Waals surface area contributed by atoms with E-state index in [4.69, 9.17) is 16.3 Å². The van der Waals surface area contributed by atoms with Crippen molar-refractivity contribution in [1.29, 1.82) is 0 Å². The summed E-state index contributed by atoms with van der Waals surface area (Å²) >= 11 is 6.54. The summed E-state index contributed by atoms with van der Waals surface area (Å²) in [5, 5.41) is 5.07. The SMILES string of the molecule is CCC1CCC(=O)N([C@@H](C)c2cc(F)cc(Cl)c2COc2cccc3c(-n4cc(F)cn4)cc(C)nc23)C1. The number of aryl methyl sites for hydroxylation is 1. The standard InChI is InChI=1S/C29H29ClF2N4O2/c1-4-19-8-9-28(37)35(14-19)18(3)23-11-20(31)12-25(30)24(23)16-38-27-7-5-6-22-26(10-17(2)34-29(22)27)36-15-21(32)13-33-36/h5-7,10-13,15,18-19H,4,8-9,14,16H2,1-3H3/t18-,19?/m0/s1. The van der Waals surface area contributed by atoms with Crippen molar-refractivity contribution in [1.82, 2.24) is 19.7 Å². The molecule has 1 aliphatic rings. The molecule has 0 N–H and O–H groups in total. The molecule has 1 saturated heterocycles. The highest BCUT2D eigenvalue weighted by atomic mass is 35.5. The minimum atomic E-state index is -0.462. The van der Waals surface area contributed by atoms with Gasteiger partial charge >= 0.3 is 0 Å². The molecule has 2 aromatic carbocycles. The number of amides is 1. The van der Waals surface area contributed by atoms with E-state index in [2.05, 4.69) is 17.0 Å². The maximum Gasteiger partial charge on any atom is 0.223 e.